The van der Waals surface area contributed by atoms with Crippen LogP contribution in [-0.2, 0) is 6.61 Å². The molecule has 0 amide bonds. The second-order valence-corrected chi connectivity index (χ2v) is 4.46. The summed E-state index contributed by atoms with van der Waals surface area (Å²) in [5, 5.41) is 9.13. The maximum Gasteiger partial charge on any atom is 0.132 e. The van der Waals surface area contributed by atoms with Crippen molar-refractivity contribution in [2.24, 2.45) is 5.73 Å². The minimum absolute atomic E-state index is 0.00726. The summed E-state index contributed by atoms with van der Waals surface area (Å²) in [5.41, 5.74) is 7.91. The van der Waals surface area contributed by atoms with Crippen LogP contribution in [0.5, 0.6) is 11.5 Å². The predicted molar refractivity (Wildman–Crippen MR) is 76.1 cm³/mol. The quantitative estimate of drug-likeness (QED) is 0.863. The normalized spacial score (nSPS) is 12.2. The first-order valence-corrected chi connectivity index (χ1v) is 6.46. The molecular weight excluding hydrogens is 238 g/mol. The first-order valence-electron chi connectivity index (χ1n) is 6.46. The van der Waals surface area contributed by atoms with E-state index in [0.717, 1.165) is 23.3 Å². The number of para-hydroxylation sites is 1. The fourth-order valence-corrected chi connectivity index (χ4v) is 1.93. The van der Waals surface area contributed by atoms with Gasteiger partial charge in [0, 0.05) is 11.6 Å². The van der Waals surface area contributed by atoms with Crippen molar-refractivity contribution in [1.29, 1.82) is 0 Å². The van der Waals surface area contributed by atoms with Gasteiger partial charge in [-0.05, 0) is 30.2 Å². The van der Waals surface area contributed by atoms with Gasteiger partial charge in [-0.2, -0.15) is 0 Å². The maximum atomic E-state index is 9.13. The van der Waals surface area contributed by atoms with Crippen LogP contribution < -0.4 is 10.5 Å². The Morgan fingerprint density at radius 1 is 1.16 bits per heavy atom. The number of aliphatic hydroxyl groups is 1. The molecule has 2 rings (SSSR count). The molecule has 0 fully saturated rings. The number of aliphatic hydroxyl groups excluding tert-OH is 1. The number of ether oxygens (including phenoxy) is 1. The van der Waals surface area contributed by atoms with E-state index in [4.69, 9.17) is 15.6 Å². The van der Waals surface area contributed by atoms with E-state index in [1.54, 1.807) is 0 Å². The smallest absolute Gasteiger partial charge is 0.132 e. The Labute approximate surface area is 113 Å². The lowest BCUT2D eigenvalue weighted by atomic mass is 10.0. The molecule has 0 spiro atoms. The van der Waals surface area contributed by atoms with Crippen LogP contribution in [0.1, 0.15) is 30.5 Å². The third kappa shape index (κ3) is 3.34. The molecule has 0 saturated heterocycles. The minimum atomic E-state index is -0.0303. The lowest BCUT2D eigenvalue weighted by Gasteiger charge is -2.15. The van der Waals surface area contributed by atoms with E-state index in [0.29, 0.717) is 5.75 Å². The van der Waals surface area contributed by atoms with Gasteiger partial charge in [-0.15, -0.1) is 0 Å². The molecule has 0 radical (unpaired) electrons. The van der Waals surface area contributed by atoms with Gasteiger partial charge in [-0.3, -0.25) is 0 Å². The van der Waals surface area contributed by atoms with E-state index in [1.165, 1.54) is 0 Å². The Morgan fingerprint density at radius 2 is 1.95 bits per heavy atom. The van der Waals surface area contributed by atoms with Crippen LogP contribution in [0.25, 0.3) is 0 Å². The average Bonchev–Trinajstić information content (AvgIpc) is 2.47. The lowest BCUT2D eigenvalue weighted by molar-refractivity contribution is 0.281. The van der Waals surface area contributed by atoms with Crippen molar-refractivity contribution in [3.8, 4) is 11.5 Å². The molecule has 2 aromatic rings. The lowest BCUT2D eigenvalue weighted by Crippen LogP contribution is -2.09. The largest absolute Gasteiger partial charge is 0.457 e. The van der Waals surface area contributed by atoms with Crippen molar-refractivity contribution < 1.29 is 9.84 Å². The number of nitrogens with two attached hydrogens (primary N) is 1. The van der Waals surface area contributed by atoms with E-state index in [1.807, 2.05) is 55.5 Å². The van der Waals surface area contributed by atoms with Gasteiger partial charge in [0.15, 0.2) is 0 Å². The fourth-order valence-electron chi connectivity index (χ4n) is 1.93. The molecule has 3 nitrogen and oxygen atoms in total. The second kappa shape index (κ2) is 6.36. The third-order valence-corrected chi connectivity index (χ3v) is 3.07. The summed E-state index contributed by atoms with van der Waals surface area (Å²) in [6, 6.07) is 15.2. The van der Waals surface area contributed by atoms with Gasteiger partial charge in [-0.1, -0.05) is 37.3 Å². The Hall–Kier alpha value is -1.84. The third-order valence-electron chi connectivity index (χ3n) is 3.07. The highest BCUT2D eigenvalue weighted by molar-refractivity contribution is 5.40. The van der Waals surface area contributed by atoms with Gasteiger partial charge in [-0.25, -0.2) is 0 Å². The number of benzene rings is 2. The molecule has 0 aromatic heterocycles. The highest BCUT2D eigenvalue weighted by Gasteiger charge is 2.10. The van der Waals surface area contributed by atoms with Crippen molar-refractivity contribution in [2.45, 2.75) is 26.0 Å². The molecule has 3 heteroatoms. The van der Waals surface area contributed by atoms with Crippen LogP contribution in [0, 0.1) is 0 Å². The van der Waals surface area contributed by atoms with Crippen molar-refractivity contribution in [3.05, 3.63) is 59.7 Å². The van der Waals surface area contributed by atoms with Gasteiger partial charge in [0.25, 0.3) is 0 Å². The molecule has 0 unspecified atom stereocenters. The zero-order chi connectivity index (χ0) is 13.7. The van der Waals surface area contributed by atoms with Crippen LogP contribution in [0.15, 0.2) is 48.5 Å². The van der Waals surface area contributed by atoms with Crippen LogP contribution in [-0.4, -0.2) is 5.11 Å². The van der Waals surface area contributed by atoms with E-state index in [-0.39, 0.29) is 12.6 Å². The second-order valence-electron chi connectivity index (χ2n) is 4.46. The monoisotopic (exact) mass is 257 g/mol. The van der Waals surface area contributed by atoms with E-state index in [2.05, 4.69) is 0 Å². The molecule has 2 aromatic carbocycles. The number of hydrogen-bond acceptors (Lipinski definition) is 3. The predicted octanol–water partition coefficient (Wildman–Crippen LogP) is 3.38. The Morgan fingerprint density at radius 3 is 2.68 bits per heavy atom. The molecule has 0 aliphatic rings. The van der Waals surface area contributed by atoms with Gasteiger partial charge in [0.1, 0.15) is 11.5 Å². The topological polar surface area (TPSA) is 55.5 Å². The molecule has 100 valence electrons. The van der Waals surface area contributed by atoms with Gasteiger partial charge < -0.3 is 15.6 Å². The highest BCUT2D eigenvalue weighted by atomic mass is 16.5. The summed E-state index contributed by atoms with van der Waals surface area (Å²) in [6.45, 7) is 2.06. The average molecular weight is 257 g/mol. The van der Waals surface area contributed by atoms with E-state index >= 15 is 0 Å². The molecule has 3 N–H and O–H groups in total. The van der Waals surface area contributed by atoms with Crippen LogP contribution in [0.4, 0.5) is 0 Å². The van der Waals surface area contributed by atoms with Crippen molar-refractivity contribution in [3.63, 3.8) is 0 Å². The van der Waals surface area contributed by atoms with Gasteiger partial charge >= 0.3 is 0 Å². The fraction of sp³-hybridized carbons (Fsp3) is 0.250. The minimum Gasteiger partial charge on any atom is -0.457 e. The Balaban J connectivity index is 2.27. The van der Waals surface area contributed by atoms with E-state index in [9.17, 15) is 0 Å². The first-order chi connectivity index (χ1) is 9.24. The first kappa shape index (κ1) is 13.6. The molecular formula is C16H19NO2. The molecule has 1 atom stereocenters. The zero-order valence-electron chi connectivity index (χ0n) is 11.0. The van der Waals surface area contributed by atoms with Crippen molar-refractivity contribution in [1.82, 2.24) is 0 Å². The molecule has 0 aliphatic heterocycles. The van der Waals surface area contributed by atoms with Gasteiger partial charge in [0.2, 0.25) is 0 Å². The maximum absolute atomic E-state index is 9.13. The molecule has 19 heavy (non-hydrogen) atoms. The summed E-state index contributed by atoms with van der Waals surface area (Å²) < 4.78 is 5.88. The van der Waals surface area contributed by atoms with Gasteiger partial charge in [0.05, 0.1) is 6.61 Å². The van der Waals surface area contributed by atoms with E-state index < -0.39 is 0 Å². The summed E-state index contributed by atoms with van der Waals surface area (Å²) in [4.78, 5) is 0. The molecule has 0 heterocycles. The Bertz CT molecular complexity index is 540. The molecule has 0 saturated carbocycles. The molecule has 0 bridgehead atoms. The summed E-state index contributed by atoms with van der Waals surface area (Å²) in [5.74, 6) is 1.48. The van der Waals surface area contributed by atoms with Crippen LogP contribution in [0.3, 0.4) is 0 Å². The molecule has 0 aliphatic carbocycles. The zero-order valence-corrected chi connectivity index (χ0v) is 11.0. The van der Waals surface area contributed by atoms with Crippen LogP contribution >= 0.6 is 0 Å². The van der Waals surface area contributed by atoms with Crippen molar-refractivity contribution in [2.75, 3.05) is 0 Å². The standard InChI is InChI=1S/C16H19NO2/c1-2-15(17)14-8-3-4-9-16(14)19-13-7-5-6-12(10-13)11-18/h3-10,15,18H,2,11,17H2,1H3/t15-/m0/s1. The summed E-state index contributed by atoms with van der Waals surface area (Å²) in [6.07, 6.45) is 0.858. The number of hydrogen-bond donors (Lipinski definition) is 2. The Kier molecular flexibility index (Phi) is 4.55. The SMILES string of the molecule is CC[C@H](N)c1ccccc1Oc1cccc(CO)c1. The van der Waals surface area contributed by atoms with Crippen LogP contribution in [0.2, 0.25) is 0 Å². The summed E-state index contributed by atoms with van der Waals surface area (Å²) in [7, 11) is 0. The summed E-state index contributed by atoms with van der Waals surface area (Å²) >= 11 is 0. The van der Waals surface area contributed by atoms with Crippen molar-refractivity contribution >= 4 is 0 Å². The highest BCUT2D eigenvalue weighted by Crippen LogP contribution is 2.30. The number of rotatable bonds is 5.